The summed E-state index contributed by atoms with van der Waals surface area (Å²) in [7, 11) is 0. The summed E-state index contributed by atoms with van der Waals surface area (Å²) in [6.45, 7) is -3.49. The van der Waals surface area contributed by atoms with Crippen LogP contribution in [0.5, 0.6) is 5.75 Å². The van der Waals surface area contributed by atoms with Gasteiger partial charge >= 0.3 is 12.8 Å². The second kappa shape index (κ2) is 5.86. The first-order valence-corrected chi connectivity index (χ1v) is 5.81. The van der Waals surface area contributed by atoms with Gasteiger partial charge in [0.25, 0.3) is 0 Å². The first-order chi connectivity index (χ1) is 10.2. The maximum atomic E-state index is 13.7. The van der Waals surface area contributed by atoms with Gasteiger partial charge in [-0.15, -0.1) is 0 Å². The van der Waals surface area contributed by atoms with Gasteiger partial charge in [-0.3, -0.25) is 0 Å². The summed E-state index contributed by atoms with van der Waals surface area (Å²) in [6, 6.07) is 5.15. The van der Waals surface area contributed by atoms with Crippen molar-refractivity contribution in [1.82, 2.24) is 0 Å². The Hall–Kier alpha value is -2.25. The Morgan fingerprint density at radius 1 is 0.864 bits per heavy atom. The van der Waals surface area contributed by atoms with E-state index >= 15 is 0 Å². The Morgan fingerprint density at radius 2 is 1.45 bits per heavy atom. The van der Waals surface area contributed by atoms with Crippen molar-refractivity contribution in [2.75, 3.05) is 0 Å². The molecule has 0 amide bonds. The maximum absolute atomic E-state index is 13.7. The lowest BCUT2D eigenvalue weighted by molar-refractivity contribution is -0.141. The fourth-order valence-corrected chi connectivity index (χ4v) is 1.95. The molecular formula is C14H7F7O. The fraction of sp³-hybridized carbons (Fsp3) is 0.143. The van der Waals surface area contributed by atoms with Crippen LogP contribution in [-0.4, -0.2) is 6.61 Å². The van der Waals surface area contributed by atoms with E-state index in [4.69, 9.17) is 0 Å². The Kier molecular flexibility index (Phi) is 4.30. The van der Waals surface area contributed by atoms with Crippen LogP contribution in [0.25, 0.3) is 11.1 Å². The van der Waals surface area contributed by atoms with Gasteiger partial charge < -0.3 is 4.74 Å². The Bertz CT molecular complexity index is 679. The van der Waals surface area contributed by atoms with Crippen molar-refractivity contribution in [3.8, 4) is 16.9 Å². The van der Waals surface area contributed by atoms with E-state index in [0.717, 1.165) is 30.3 Å². The molecule has 0 saturated heterocycles. The van der Waals surface area contributed by atoms with Crippen LogP contribution in [0.4, 0.5) is 30.7 Å². The average Bonchev–Trinajstić information content (AvgIpc) is 2.39. The second-order valence-electron chi connectivity index (χ2n) is 4.16. The lowest BCUT2D eigenvalue weighted by atomic mass is 9.98. The lowest BCUT2D eigenvalue weighted by Gasteiger charge is -2.18. The molecule has 0 unspecified atom stereocenters. The molecule has 22 heavy (non-hydrogen) atoms. The maximum Gasteiger partial charge on any atom is 0.420 e. The van der Waals surface area contributed by atoms with Gasteiger partial charge in [0.15, 0.2) is 11.6 Å². The first-order valence-electron chi connectivity index (χ1n) is 5.81. The number of rotatable bonds is 3. The van der Waals surface area contributed by atoms with E-state index in [1.54, 1.807) is 0 Å². The zero-order chi connectivity index (χ0) is 16.5. The van der Waals surface area contributed by atoms with Crippen molar-refractivity contribution < 1.29 is 35.5 Å². The highest BCUT2D eigenvalue weighted by Crippen LogP contribution is 2.44. The normalized spacial score (nSPS) is 11.8. The molecule has 2 aromatic carbocycles. The zero-order valence-electron chi connectivity index (χ0n) is 10.6. The molecule has 0 aliphatic rings. The molecule has 0 atom stereocenters. The van der Waals surface area contributed by atoms with Gasteiger partial charge in [-0.05, 0) is 12.1 Å². The molecule has 0 spiro atoms. The van der Waals surface area contributed by atoms with Gasteiger partial charge in [0, 0.05) is 11.1 Å². The van der Waals surface area contributed by atoms with Crippen LogP contribution in [0.2, 0.25) is 0 Å². The Balaban J connectivity index is 2.73. The molecule has 118 valence electrons. The van der Waals surface area contributed by atoms with Crippen LogP contribution in [-0.2, 0) is 6.18 Å². The standard InChI is InChI=1S/C14H7F7O/c15-9-5-1-4-8(12(9)16)7-3-2-6-10(22-13(17)18)11(7)14(19,20)21/h1-6,13H. The SMILES string of the molecule is Fc1cccc(-c2cccc(OC(F)F)c2C(F)(F)F)c1F. The van der Waals surface area contributed by atoms with Crippen molar-refractivity contribution in [3.63, 3.8) is 0 Å². The highest BCUT2D eigenvalue weighted by Gasteiger charge is 2.38. The molecular weight excluding hydrogens is 317 g/mol. The summed E-state index contributed by atoms with van der Waals surface area (Å²) in [6.07, 6.45) is -5.10. The van der Waals surface area contributed by atoms with Gasteiger partial charge in [-0.1, -0.05) is 24.3 Å². The van der Waals surface area contributed by atoms with Crippen LogP contribution < -0.4 is 4.74 Å². The number of alkyl halides is 5. The summed E-state index contributed by atoms with van der Waals surface area (Å²) >= 11 is 0. The van der Waals surface area contributed by atoms with Crippen LogP contribution >= 0.6 is 0 Å². The highest BCUT2D eigenvalue weighted by atomic mass is 19.4. The van der Waals surface area contributed by atoms with E-state index in [9.17, 15) is 30.7 Å². The van der Waals surface area contributed by atoms with Gasteiger partial charge in [0.1, 0.15) is 11.3 Å². The van der Waals surface area contributed by atoms with E-state index < -0.39 is 46.9 Å². The summed E-state index contributed by atoms with van der Waals surface area (Å²) in [5, 5.41) is 0. The number of ether oxygens (including phenoxy) is 1. The molecule has 2 aromatic rings. The molecule has 0 radical (unpaired) electrons. The molecule has 0 bridgehead atoms. The summed E-state index contributed by atoms with van der Waals surface area (Å²) < 4.78 is 94.6. The van der Waals surface area contributed by atoms with Crippen LogP contribution in [0, 0.1) is 11.6 Å². The zero-order valence-corrected chi connectivity index (χ0v) is 10.6. The van der Waals surface area contributed by atoms with Crippen LogP contribution in [0.3, 0.4) is 0 Å². The van der Waals surface area contributed by atoms with Crippen molar-refractivity contribution >= 4 is 0 Å². The Morgan fingerprint density at radius 3 is 2.05 bits per heavy atom. The topological polar surface area (TPSA) is 9.23 Å². The number of hydrogen-bond acceptors (Lipinski definition) is 1. The summed E-state index contributed by atoms with van der Waals surface area (Å²) in [4.78, 5) is 0. The molecule has 0 aromatic heterocycles. The van der Waals surface area contributed by atoms with Gasteiger partial charge in [-0.2, -0.15) is 22.0 Å². The van der Waals surface area contributed by atoms with E-state index in [-0.39, 0.29) is 0 Å². The number of benzene rings is 2. The summed E-state index contributed by atoms with van der Waals surface area (Å²) in [5.74, 6) is -4.03. The van der Waals surface area contributed by atoms with Crippen LogP contribution in [0.15, 0.2) is 36.4 Å². The molecule has 8 heteroatoms. The molecule has 1 nitrogen and oxygen atoms in total. The third kappa shape index (κ3) is 3.15. The van der Waals surface area contributed by atoms with Crippen molar-refractivity contribution in [2.45, 2.75) is 12.8 Å². The predicted octanol–water partition coefficient (Wildman–Crippen LogP) is 5.25. The second-order valence-corrected chi connectivity index (χ2v) is 4.16. The quantitative estimate of drug-likeness (QED) is 0.701. The third-order valence-electron chi connectivity index (χ3n) is 2.77. The van der Waals surface area contributed by atoms with Gasteiger partial charge in [0.05, 0.1) is 0 Å². The van der Waals surface area contributed by atoms with Crippen LogP contribution in [0.1, 0.15) is 5.56 Å². The highest BCUT2D eigenvalue weighted by molar-refractivity contribution is 5.71. The average molecular weight is 324 g/mol. The minimum absolute atomic E-state index is 0.676. The molecule has 0 heterocycles. The van der Waals surface area contributed by atoms with E-state index in [2.05, 4.69) is 4.74 Å². The fourth-order valence-electron chi connectivity index (χ4n) is 1.95. The van der Waals surface area contributed by atoms with E-state index in [0.29, 0.717) is 6.07 Å². The van der Waals surface area contributed by atoms with Crippen molar-refractivity contribution in [1.29, 1.82) is 0 Å². The first kappa shape index (κ1) is 16.1. The number of halogens is 7. The monoisotopic (exact) mass is 324 g/mol. The molecule has 0 N–H and O–H groups in total. The minimum Gasteiger partial charge on any atom is -0.434 e. The predicted molar refractivity (Wildman–Crippen MR) is 63.4 cm³/mol. The van der Waals surface area contributed by atoms with E-state index in [1.165, 1.54) is 0 Å². The van der Waals surface area contributed by atoms with Crippen molar-refractivity contribution in [3.05, 3.63) is 53.6 Å². The van der Waals surface area contributed by atoms with E-state index in [1.807, 2.05) is 0 Å². The molecule has 2 rings (SSSR count). The minimum atomic E-state index is -5.10. The number of hydrogen-bond donors (Lipinski definition) is 0. The Labute approximate surface area is 119 Å². The van der Waals surface area contributed by atoms with Gasteiger partial charge in [-0.25, -0.2) is 8.78 Å². The smallest absolute Gasteiger partial charge is 0.420 e. The lowest BCUT2D eigenvalue weighted by Crippen LogP contribution is -2.13. The third-order valence-corrected chi connectivity index (χ3v) is 2.77. The molecule has 0 aliphatic heterocycles. The molecule has 0 aliphatic carbocycles. The summed E-state index contributed by atoms with van der Waals surface area (Å²) in [5.41, 5.74) is -3.09. The molecule has 0 fully saturated rings. The molecule has 0 saturated carbocycles. The van der Waals surface area contributed by atoms with Gasteiger partial charge in [0.2, 0.25) is 0 Å². The van der Waals surface area contributed by atoms with Crippen molar-refractivity contribution in [2.24, 2.45) is 0 Å². The largest absolute Gasteiger partial charge is 0.434 e.